The van der Waals surface area contributed by atoms with Gasteiger partial charge in [0.2, 0.25) is 5.91 Å². The molecule has 1 saturated heterocycles. The largest absolute Gasteiger partial charge is 0.490 e. The van der Waals surface area contributed by atoms with E-state index < -0.39 is 24.3 Å². The van der Waals surface area contributed by atoms with Gasteiger partial charge in [-0.15, -0.1) is 0 Å². The van der Waals surface area contributed by atoms with Crippen LogP contribution in [0.5, 0.6) is 0 Å². The molecule has 0 atom stereocenters. The fourth-order valence-electron chi connectivity index (χ4n) is 3.82. The van der Waals surface area contributed by atoms with E-state index in [2.05, 4.69) is 23.4 Å². The van der Waals surface area contributed by atoms with Crippen LogP contribution in [0.1, 0.15) is 38.2 Å². The normalized spacial score (nSPS) is 17.6. The molecule has 0 radical (unpaired) electrons. The molecule has 0 bridgehead atoms. The van der Waals surface area contributed by atoms with E-state index in [0.717, 1.165) is 39.0 Å². The molecular weight excluding hydrogens is 490 g/mol. The Morgan fingerprint density at radius 3 is 1.74 bits per heavy atom. The molecule has 3 heterocycles. The van der Waals surface area contributed by atoms with E-state index >= 15 is 0 Å². The number of aryl methyl sites for hydroxylation is 1. The van der Waals surface area contributed by atoms with E-state index in [4.69, 9.17) is 24.8 Å². The molecule has 1 aromatic heterocycles. The first kappa shape index (κ1) is 30.2. The molecule has 1 fully saturated rings. The molecule has 2 N–H and O–H groups in total. The van der Waals surface area contributed by atoms with Crippen molar-refractivity contribution in [3.8, 4) is 0 Å². The van der Waals surface area contributed by atoms with Gasteiger partial charge in [0, 0.05) is 44.0 Å². The lowest BCUT2D eigenvalue weighted by molar-refractivity contribution is -0.193. The molecule has 15 heteroatoms. The molecule has 0 saturated carbocycles. The number of carbonyl (C=O) groups is 3. The van der Waals surface area contributed by atoms with Crippen LogP contribution in [0.4, 0.5) is 26.3 Å². The fourth-order valence-corrected chi connectivity index (χ4v) is 3.82. The Hall–Kier alpha value is -2.84. The van der Waals surface area contributed by atoms with Gasteiger partial charge in [0.1, 0.15) is 5.82 Å². The maximum Gasteiger partial charge on any atom is 0.490 e. The van der Waals surface area contributed by atoms with Gasteiger partial charge in [0.05, 0.1) is 5.54 Å². The fraction of sp³-hybridized carbons (Fsp3) is 0.700. The number of piperidine rings is 1. The number of fused-ring (bicyclic) bond motifs is 2. The first-order chi connectivity index (χ1) is 15.8. The highest BCUT2D eigenvalue weighted by Gasteiger charge is 2.46. The van der Waals surface area contributed by atoms with Crippen LogP contribution in [0.15, 0.2) is 6.20 Å². The number of imidazole rings is 1. The van der Waals surface area contributed by atoms with Crippen molar-refractivity contribution in [1.82, 2.24) is 19.4 Å². The standard InChI is InChI=1S/C16H26N4O.2C2HF3O2/c1-12(2)14(21)19-7-5-16(6-8-19)15-17-11-13(3)20(15)10-9-18(16)4;2*3-2(4,5)1(6)7/h11-12H,5-10H2,1-4H3;2*(H,6,7). The Morgan fingerprint density at radius 2 is 1.37 bits per heavy atom. The van der Waals surface area contributed by atoms with E-state index in [1.54, 1.807) is 0 Å². The number of likely N-dealkylation sites (tertiary alicyclic amines) is 1. The highest BCUT2D eigenvalue weighted by atomic mass is 19.4. The zero-order valence-electron chi connectivity index (χ0n) is 19.6. The molecule has 3 rings (SSSR count). The maximum absolute atomic E-state index is 12.2. The number of alkyl halides is 6. The number of amides is 1. The Bertz CT molecular complexity index is 881. The van der Waals surface area contributed by atoms with Gasteiger partial charge in [-0.05, 0) is 26.8 Å². The van der Waals surface area contributed by atoms with Crippen LogP contribution in [-0.2, 0) is 26.5 Å². The van der Waals surface area contributed by atoms with Crippen LogP contribution in [0.3, 0.4) is 0 Å². The van der Waals surface area contributed by atoms with Gasteiger partial charge in [-0.2, -0.15) is 26.3 Å². The average molecular weight is 518 g/mol. The van der Waals surface area contributed by atoms with Crippen molar-refractivity contribution in [1.29, 1.82) is 0 Å². The van der Waals surface area contributed by atoms with Gasteiger partial charge in [0.25, 0.3) is 0 Å². The van der Waals surface area contributed by atoms with Gasteiger partial charge in [-0.1, -0.05) is 13.8 Å². The second-order valence-corrected chi connectivity index (χ2v) is 8.41. The van der Waals surface area contributed by atoms with Gasteiger partial charge < -0.3 is 19.7 Å². The lowest BCUT2D eigenvalue weighted by atomic mass is 9.83. The zero-order valence-corrected chi connectivity index (χ0v) is 19.6. The number of aromatic nitrogens is 2. The number of nitrogens with zero attached hydrogens (tertiary/aromatic N) is 4. The van der Waals surface area contributed by atoms with Crippen molar-refractivity contribution < 1.29 is 50.9 Å². The van der Waals surface area contributed by atoms with E-state index in [1.165, 1.54) is 11.5 Å². The smallest absolute Gasteiger partial charge is 0.475 e. The number of carboxylic acid groups (broad SMARTS) is 2. The molecule has 2 aliphatic rings. The summed E-state index contributed by atoms with van der Waals surface area (Å²) in [4.78, 5) is 39.2. The van der Waals surface area contributed by atoms with Crippen LogP contribution < -0.4 is 0 Å². The summed E-state index contributed by atoms with van der Waals surface area (Å²) in [7, 11) is 2.20. The molecule has 200 valence electrons. The van der Waals surface area contributed by atoms with E-state index in [1.807, 2.05) is 24.9 Å². The molecule has 1 spiro atoms. The third kappa shape index (κ3) is 7.57. The predicted molar refractivity (Wildman–Crippen MR) is 109 cm³/mol. The molecular formula is C20H28F6N4O5. The number of carbonyl (C=O) groups excluding carboxylic acids is 1. The summed E-state index contributed by atoms with van der Waals surface area (Å²) in [5.41, 5.74) is 1.26. The van der Waals surface area contributed by atoms with E-state index in [-0.39, 0.29) is 17.4 Å². The summed E-state index contributed by atoms with van der Waals surface area (Å²) in [6, 6.07) is 0. The molecule has 1 aromatic rings. The summed E-state index contributed by atoms with van der Waals surface area (Å²) in [5, 5.41) is 14.2. The molecule has 2 aliphatic heterocycles. The second kappa shape index (κ2) is 11.3. The van der Waals surface area contributed by atoms with Gasteiger partial charge in [-0.3, -0.25) is 9.69 Å². The van der Waals surface area contributed by atoms with Crippen molar-refractivity contribution in [2.75, 3.05) is 26.7 Å². The highest BCUT2D eigenvalue weighted by Crippen LogP contribution is 2.40. The highest BCUT2D eigenvalue weighted by molar-refractivity contribution is 5.78. The van der Waals surface area contributed by atoms with E-state index in [9.17, 15) is 31.1 Å². The number of halogens is 6. The minimum absolute atomic E-state index is 0.0142. The summed E-state index contributed by atoms with van der Waals surface area (Å²) in [5.74, 6) is -3.94. The van der Waals surface area contributed by atoms with Crippen LogP contribution in [0.2, 0.25) is 0 Å². The summed E-state index contributed by atoms with van der Waals surface area (Å²) in [6.45, 7) is 9.86. The van der Waals surface area contributed by atoms with Gasteiger partial charge in [0.15, 0.2) is 0 Å². The van der Waals surface area contributed by atoms with Gasteiger partial charge in [-0.25, -0.2) is 14.6 Å². The third-order valence-corrected chi connectivity index (χ3v) is 5.74. The SMILES string of the molecule is Cc1cnc2n1CCN(C)C21CCN(C(=O)C(C)C)CC1.O=C(O)C(F)(F)F.O=C(O)C(F)(F)F. The lowest BCUT2D eigenvalue weighted by Crippen LogP contribution is -2.57. The monoisotopic (exact) mass is 518 g/mol. The number of hydrogen-bond donors (Lipinski definition) is 2. The Labute approximate surface area is 197 Å². The van der Waals surface area contributed by atoms with Gasteiger partial charge >= 0.3 is 24.3 Å². The van der Waals surface area contributed by atoms with Crippen LogP contribution in [-0.4, -0.2) is 86.4 Å². The van der Waals surface area contributed by atoms with Crippen molar-refractivity contribution in [3.63, 3.8) is 0 Å². The Kier molecular flexibility index (Phi) is 9.72. The average Bonchev–Trinajstić information content (AvgIpc) is 3.12. The molecule has 0 unspecified atom stereocenters. The molecule has 35 heavy (non-hydrogen) atoms. The number of aliphatic carboxylic acids is 2. The lowest BCUT2D eigenvalue weighted by Gasteiger charge is -2.49. The summed E-state index contributed by atoms with van der Waals surface area (Å²) < 4.78 is 65.8. The first-order valence-electron chi connectivity index (χ1n) is 10.5. The van der Waals surface area contributed by atoms with Crippen molar-refractivity contribution >= 4 is 17.8 Å². The molecule has 9 nitrogen and oxygen atoms in total. The zero-order chi connectivity index (χ0) is 27.4. The summed E-state index contributed by atoms with van der Waals surface area (Å²) >= 11 is 0. The summed E-state index contributed by atoms with van der Waals surface area (Å²) in [6.07, 6.45) is -6.21. The molecule has 1 amide bonds. The third-order valence-electron chi connectivity index (χ3n) is 5.74. The Morgan fingerprint density at radius 1 is 0.943 bits per heavy atom. The topological polar surface area (TPSA) is 116 Å². The number of carboxylic acids is 2. The second-order valence-electron chi connectivity index (χ2n) is 8.41. The maximum atomic E-state index is 12.2. The predicted octanol–water partition coefficient (Wildman–Crippen LogP) is 2.88. The van der Waals surface area contributed by atoms with E-state index in [0.29, 0.717) is 0 Å². The van der Waals surface area contributed by atoms with Crippen LogP contribution in [0, 0.1) is 12.8 Å². The van der Waals surface area contributed by atoms with Crippen molar-refractivity contribution in [2.45, 2.75) is 58.0 Å². The molecule has 0 aliphatic carbocycles. The molecule has 0 aromatic carbocycles. The minimum atomic E-state index is -5.08. The quantitative estimate of drug-likeness (QED) is 0.550. The number of rotatable bonds is 1. The van der Waals surface area contributed by atoms with Crippen LogP contribution in [0.25, 0.3) is 0 Å². The minimum Gasteiger partial charge on any atom is -0.475 e. The first-order valence-corrected chi connectivity index (χ1v) is 10.5. The number of hydrogen-bond acceptors (Lipinski definition) is 5. The Balaban J connectivity index is 0.000000362. The van der Waals surface area contributed by atoms with Crippen LogP contribution >= 0.6 is 0 Å². The number of likely N-dealkylation sites (N-methyl/N-ethyl adjacent to an activating group) is 1. The van der Waals surface area contributed by atoms with Crippen molar-refractivity contribution in [3.05, 3.63) is 17.7 Å². The van der Waals surface area contributed by atoms with Crippen molar-refractivity contribution in [2.24, 2.45) is 5.92 Å².